The van der Waals surface area contributed by atoms with Crippen molar-refractivity contribution in [3.63, 3.8) is 0 Å². The summed E-state index contributed by atoms with van der Waals surface area (Å²) in [5.74, 6) is 0.190. The third-order valence-electron chi connectivity index (χ3n) is 4.27. The van der Waals surface area contributed by atoms with Gasteiger partial charge < -0.3 is 15.4 Å². The van der Waals surface area contributed by atoms with Crippen LogP contribution in [0, 0.1) is 0 Å². The number of hydrogen-bond acceptors (Lipinski definition) is 3. The van der Waals surface area contributed by atoms with E-state index < -0.39 is 0 Å². The third-order valence-corrected chi connectivity index (χ3v) is 4.27. The van der Waals surface area contributed by atoms with Gasteiger partial charge in [0.1, 0.15) is 5.75 Å². The monoisotopic (exact) mass is 368 g/mol. The van der Waals surface area contributed by atoms with E-state index in [0.29, 0.717) is 29.2 Å². The molecule has 2 rings (SSSR count). The van der Waals surface area contributed by atoms with E-state index in [1.807, 2.05) is 19.9 Å². The predicted molar refractivity (Wildman–Crippen MR) is 108 cm³/mol. The molecule has 0 radical (unpaired) electrons. The number of para-hydroxylation sites is 1. The number of hydrogen-bond donors (Lipinski definition) is 2. The van der Waals surface area contributed by atoms with Crippen molar-refractivity contribution in [2.24, 2.45) is 0 Å². The first-order chi connectivity index (χ1) is 13.0. The highest BCUT2D eigenvalue weighted by atomic mass is 16.5. The normalized spacial score (nSPS) is 11.5. The molecule has 27 heavy (non-hydrogen) atoms. The Morgan fingerprint density at radius 3 is 2.56 bits per heavy atom. The van der Waals surface area contributed by atoms with Crippen LogP contribution in [0.5, 0.6) is 5.75 Å². The van der Waals surface area contributed by atoms with Crippen molar-refractivity contribution in [2.75, 3.05) is 11.9 Å². The Balaban J connectivity index is 2.12. The molecular formula is C22H28N2O3. The maximum absolute atomic E-state index is 12.7. The first-order valence-corrected chi connectivity index (χ1v) is 9.49. The number of carbonyl (C=O) groups excluding carboxylic acids is 2. The summed E-state index contributed by atoms with van der Waals surface area (Å²) in [4.78, 5) is 25.1. The Labute approximate surface area is 161 Å². The highest BCUT2D eigenvalue weighted by Crippen LogP contribution is 2.19. The average molecular weight is 368 g/mol. The topological polar surface area (TPSA) is 67.4 Å². The molecule has 0 aliphatic heterocycles. The second-order valence-corrected chi connectivity index (χ2v) is 6.51. The van der Waals surface area contributed by atoms with Gasteiger partial charge in [-0.15, -0.1) is 0 Å². The molecule has 0 bridgehead atoms. The molecule has 0 aromatic heterocycles. The second kappa shape index (κ2) is 10.4. The van der Waals surface area contributed by atoms with Crippen LogP contribution in [0.3, 0.4) is 0 Å². The van der Waals surface area contributed by atoms with Gasteiger partial charge in [-0.1, -0.05) is 38.5 Å². The van der Waals surface area contributed by atoms with Gasteiger partial charge in [0.25, 0.3) is 11.8 Å². The fourth-order valence-corrected chi connectivity index (χ4v) is 2.45. The highest BCUT2D eigenvalue weighted by Gasteiger charge is 2.15. The van der Waals surface area contributed by atoms with Crippen LogP contribution in [0.2, 0.25) is 0 Å². The van der Waals surface area contributed by atoms with Gasteiger partial charge in [-0.2, -0.15) is 0 Å². The van der Waals surface area contributed by atoms with Gasteiger partial charge in [-0.3, -0.25) is 9.59 Å². The van der Waals surface area contributed by atoms with E-state index in [2.05, 4.69) is 17.6 Å². The molecule has 1 unspecified atom stereocenters. The Morgan fingerprint density at radius 2 is 1.81 bits per heavy atom. The van der Waals surface area contributed by atoms with Crippen molar-refractivity contribution in [1.82, 2.24) is 5.32 Å². The summed E-state index contributed by atoms with van der Waals surface area (Å²) in [6.07, 6.45) is 2.86. The molecule has 0 spiro atoms. The minimum atomic E-state index is -0.278. The number of nitrogens with one attached hydrogen (secondary N) is 2. The molecule has 2 aromatic rings. The second-order valence-electron chi connectivity index (χ2n) is 6.51. The lowest BCUT2D eigenvalue weighted by molar-refractivity contribution is 0.0940. The molecule has 0 aliphatic carbocycles. The summed E-state index contributed by atoms with van der Waals surface area (Å²) in [7, 11) is 0. The lowest BCUT2D eigenvalue weighted by Crippen LogP contribution is -2.32. The standard InChI is InChI=1S/C22H28N2O3/c1-4-6-14-27-18-11-9-10-17(15-18)21(25)24-20-13-8-7-12-19(20)22(26)23-16(3)5-2/h7-13,15-16H,4-6,14H2,1-3H3,(H,23,26)(H,24,25). The number of ether oxygens (including phenoxy) is 1. The first-order valence-electron chi connectivity index (χ1n) is 9.49. The Morgan fingerprint density at radius 1 is 1.04 bits per heavy atom. The zero-order valence-corrected chi connectivity index (χ0v) is 16.2. The molecule has 1 atom stereocenters. The molecule has 0 saturated carbocycles. The van der Waals surface area contributed by atoms with Crippen molar-refractivity contribution >= 4 is 17.5 Å². The maximum Gasteiger partial charge on any atom is 0.255 e. The number of carbonyl (C=O) groups is 2. The zero-order chi connectivity index (χ0) is 19.6. The maximum atomic E-state index is 12.7. The van der Waals surface area contributed by atoms with E-state index >= 15 is 0 Å². The smallest absolute Gasteiger partial charge is 0.255 e. The van der Waals surface area contributed by atoms with Gasteiger partial charge in [0.15, 0.2) is 0 Å². The van der Waals surface area contributed by atoms with Crippen LogP contribution >= 0.6 is 0 Å². The van der Waals surface area contributed by atoms with Gasteiger partial charge in [0.2, 0.25) is 0 Å². The van der Waals surface area contributed by atoms with Crippen molar-refractivity contribution in [2.45, 2.75) is 46.1 Å². The Hall–Kier alpha value is -2.82. The van der Waals surface area contributed by atoms with Crippen LogP contribution in [0.1, 0.15) is 60.7 Å². The van der Waals surface area contributed by atoms with Crippen molar-refractivity contribution in [3.05, 3.63) is 59.7 Å². The van der Waals surface area contributed by atoms with E-state index in [1.165, 1.54) is 0 Å². The number of unbranched alkanes of at least 4 members (excludes halogenated alkanes) is 1. The fraction of sp³-hybridized carbons (Fsp3) is 0.364. The molecule has 0 saturated heterocycles. The number of anilines is 1. The number of amides is 2. The minimum absolute atomic E-state index is 0.0678. The lowest BCUT2D eigenvalue weighted by atomic mass is 10.1. The highest BCUT2D eigenvalue weighted by molar-refractivity contribution is 6.09. The zero-order valence-electron chi connectivity index (χ0n) is 16.2. The third kappa shape index (κ3) is 6.13. The quantitative estimate of drug-likeness (QED) is 0.633. The summed E-state index contributed by atoms with van der Waals surface area (Å²) in [5.41, 5.74) is 1.42. The molecule has 5 heteroatoms. The van der Waals surface area contributed by atoms with E-state index in [0.717, 1.165) is 19.3 Å². The Bertz CT molecular complexity index is 774. The van der Waals surface area contributed by atoms with Gasteiger partial charge in [-0.25, -0.2) is 0 Å². The molecule has 2 N–H and O–H groups in total. The van der Waals surface area contributed by atoms with Crippen molar-refractivity contribution in [3.8, 4) is 5.75 Å². The van der Waals surface area contributed by atoms with Crippen molar-refractivity contribution in [1.29, 1.82) is 0 Å². The van der Waals surface area contributed by atoms with Gasteiger partial charge in [-0.05, 0) is 50.1 Å². The first kappa shape index (κ1) is 20.5. The molecule has 2 aromatic carbocycles. The van der Waals surface area contributed by atoms with Crippen LogP contribution in [0.25, 0.3) is 0 Å². The number of benzene rings is 2. The summed E-state index contributed by atoms with van der Waals surface area (Å²) in [6, 6.07) is 14.1. The molecule has 0 aliphatic rings. The van der Waals surface area contributed by atoms with Gasteiger partial charge >= 0.3 is 0 Å². The van der Waals surface area contributed by atoms with Crippen molar-refractivity contribution < 1.29 is 14.3 Å². The molecular weight excluding hydrogens is 340 g/mol. The van der Waals surface area contributed by atoms with Crippen LogP contribution in [0.15, 0.2) is 48.5 Å². The molecule has 2 amide bonds. The fourth-order valence-electron chi connectivity index (χ4n) is 2.45. The van der Waals surface area contributed by atoms with E-state index in [4.69, 9.17) is 4.74 Å². The molecule has 144 valence electrons. The largest absolute Gasteiger partial charge is 0.494 e. The molecule has 0 heterocycles. The van der Waals surface area contributed by atoms with Crippen LogP contribution in [0.4, 0.5) is 5.69 Å². The van der Waals surface area contributed by atoms with E-state index in [-0.39, 0.29) is 17.9 Å². The molecule has 5 nitrogen and oxygen atoms in total. The summed E-state index contributed by atoms with van der Waals surface area (Å²) in [5, 5.41) is 5.76. The van der Waals surface area contributed by atoms with Crippen LogP contribution in [-0.4, -0.2) is 24.5 Å². The number of rotatable bonds is 9. The summed E-state index contributed by atoms with van der Waals surface area (Å²) < 4.78 is 5.66. The van der Waals surface area contributed by atoms with Crippen LogP contribution in [-0.2, 0) is 0 Å². The SMILES string of the molecule is CCCCOc1cccc(C(=O)Nc2ccccc2C(=O)NC(C)CC)c1. The average Bonchev–Trinajstić information content (AvgIpc) is 2.68. The van der Waals surface area contributed by atoms with Gasteiger partial charge in [0, 0.05) is 11.6 Å². The Kier molecular flexibility index (Phi) is 7.86. The van der Waals surface area contributed by atoms with Crippen LogP contribution < -0.4 is 15.4 Å². The van der Waals surface area contributed by atoms with E-state index in [1.54, 1.807) is 42.5 Å². The summed E-state index contributed by atoms with van der Waals surface area (Å²) >= 11 is 0. The minimum Gasteiger partial charge on any atom is -0.494 e. The molecule has 0 fully saturated rings. The lowest BCUT2D eigenvalue weighted by Gasteiger charge is -2.15. The van der Waals surface area contributed by atoms with Gasteiger partial charge in [0.05, 0.1) is 17.9 Å². The van der Waals surface area contributed by atoms with E-state index in [9.17, 15) is 9.59 Å². The summed E-state index contributed by atoms with van der Waals surface area (Å²) in [6.45, 7) is 6.68. The predicted octanol–water partition coefficient (Wildman–Crippen LogP) is 4.65.